The topological polar surface area (TPSA) is 41.1 Å². The third-order valence-electron chi connectivity index (χ3n) is 3.92. The summed E-state index contributed by atoms with van der Waals surface area (Å²) < 4.78 is 0. The summed E-state index contributed by atoms with van der Waals surface area (Å²) in [5.74, 6) is 0.0621. The Kier molecular flexibility index (Phi) is 5.45. The first kappa shape index (κ1) is 14.9. The summed E-state index contributed by atoms with van der Waals surface area (Å²) >= 11 is 0. The number of aryl methyl sites for hydroxylation is 1. The Labute approximate surface area is 122 Å². The molecule has 0 saturated carbocycles. The van der Waals surface area contributed by atoms with E-state index in [0.29, 0.717) is 6.04 Å². The van der Waals surface area contributed by atoms with Crippen LogP contribution in [-0.4, -0.2) is 18.5 Å². The van der Waals surface area contributed by atoms with Gasteiger partial charge in [-0.25, -0.2) is 0 Å². The highest BCUT2D eigenvalue weighted by molar-refractivity contribution is 5.95. The van der Waals surface area contributed by atoms with Crippen LogP contribution in [0.15, 0.2) is 18.2 Å². The fourth-order valence-corrected chi connectivity index (χ4v) is 2.86. The normalized spacial score (nSPS) is 13.8. The number of carbonyl (C=O) groups is 1. The number of amides is 1. The zero-order valence-corrected chi connectivity index (χ0v) is 12.7. The highest BCUT2D eigenvalue weighted by atomic mass is 16.1. The van der Waals surface area contributed by atoms with Crippen molar-refractivity contribution in [2.45, 2.75) is 58.4 Å². The second-order valence-corrected chi connectivity index (χ2v) is 5.65. The van der Waals surface area contributed by atoms with Gasteiger partial charge in [0.25, 0.3) is 5.91 Å². The van der Waals surface area contributed by atoms with Gasteiger partial charge in [0, 0.05) is 23.8 Å². The van der Waals surface area contributed by atoms with Crippen LogP contribution in [-0.2, 0) is 6.42 Å². The van der Waals surface area contributed by atoms with Crippen molar-refractivity contribution in [2.24, 2.45) is 0 Å². The number of fused-ring (bicyclic) bond motifs is 1. The quantitative estimate of drug-likeness (QED) is 0.829. The molecule has 0 atom stereocenters. The van der Waals surface area contributed by atoms with Gasteiger partial charge in [-0.2, -0.15) is 0 Å². The molecule has 0 aromatic heterocycles. The van der Waals surface area contributed by atoms with Crippen LogP contribution in [0, 0.1) is 0 Å². The zero-order valence-electron chi connectivity index (χ0n) is 12.7. The third-order valence-corrected chi connectivity index (χ3v) is 3.92. The van der Waals surface area contributed by atoms with Gasteiger partial charge in [-0.15, -0.1) is 0 Å². The Bertz CT molecular complexity index is 450. The molecule has 0 aliphatic carbocycles. The van der Waals surface area contributed by atoms with E-state index in [-0.39, 0.29) is 5.91 Å². The Balaban J connectivity index is 2.04. The van der Waals surface area contributed by atoms with E-state index >= 15 is 0 Å². The molecule has 0 unspecified atom stereocenters. The van der Waals surface area contributed by atoms with Gasteiger partial charge in [0.2, 0.25) is 0 Å². The zero-order chi connectivity index (χ0) is 14.4. The maximum absolute atomic E-state index is 12.4. The number of hydrogen-bond acceptors (Lipinski definition) is 2. The first-order valence-electron chi connectivity index (χ1n) is 7.92. The standard InChI is InChI=1S/C17H26N2O/c1-3-6-15(7-4-2)19-17(20)14-10-9-13-8-5-11-18-16(13)12-14/h9-10,12,15,18H,3-8,11H2,1-2H3,(H,19,20). The molecule has 0 saturated heterocycles. The minimum Gasteiger partial charge on any atom is -0.385 e. The smallest absolute Gasteiger partial charge is 0.251 e. The maximum atomic E-state index is 12.4. The van der Waals surface area contributed by atoms with E-state index < -0.39 is 0 Å². The summed E-state index contributed by atoms with van der Waals surface area (Å²) in [4.78, 5) is 12.4. The van der Waals surface area contributed by atoms with E-state index in [2.05, 4.69) is 30.5 Å². The Morgan fingerprint density at radius 3 is 2.75 bits per heavy atom. The van der Waals surface area contributed by atoms with Crippen molar-refractivity contribution in [1.82, 2.24) is 5.32 Å². The van der Waals surface area contributed by atoms with E-state index in [9.17, 15) is 4.79 Å². The molecule has 0 fully saturated rings. The predicted molar refractivity (Wildman–Crippen MR) is 84.3 cm³/mol. The molecule has 0 radical (unpaired) electrons. The van der Waals surface area contributed by atoms with Crippen molar-refractivity contribution in [3.05, 3.63) is 29.3 Å². The summed E-state index contributed by atoms with van der Waals surface area (Å²) in [6, 6.07) is 6.35. The van der Waals surface area contributed by atoms with Gasteiger partial charge in [0.05, 0.1) is 0 Å². The molecular formula is C17H26N2O. The van der Waals surface area contributed by atoms with Crippen LogP contribution < -0.4 is 10.6 Å². The molecule has 1 aliphatic rings. The molecule has 3 nitrogen and oxygen atoms in total. The van der Waals surface area contributed by atoms with Gasteiger partial charge >= 0.3 is 0 Å². The summed E-state index contributed by atoms with van der Waals surface area (Å²) in [6.45, 7) is 5.33. The number of rotatable bonds is 6. The van der Waals surface area contributed by atoms with Crippen LogP contribution in [0.2, 0.25) is 0 Å². The summed E-state index contributed by atoms with van der Waals surface area (Å²) in [7, 11) is 0. The Morgan fingerprint density at radius 2 is 2.05 bits per heavy atom. The van der Waals surface area contributed by atoms with E-state index in [0.717, 1.165) is 49.9 Å². The molecule has 1 aromatic rings. The minimum atomic E-state index is 0.0621. The highest BCUT2D eigenvalue weighted by Crippen LogP contribution is 2.23. The lowest BCUT2D eigenvalue weighted by atomic mass is 10.0. The molecule has 3 heteroatoms. The van der Waals surface area contributed by atoms with Crippen LogP contribution in [0.3, 0.4) is 0 Å². The van der Waals surface area contributed by atoms with Crippen molar-refractivity contribution in [2.75, 3.05) is 11.9 Å². The molecule has 20 heavy (non-hydrogen) atoms. The second kappa shape index (κ2) is 7.32. The fraction of sp³-hybridized carbons (Fsp3) is 0.588. The van der Waals surface area contributed by atoms with Gasteiger partial charge in [-0.05, 0) is 43.4 Å². The molecule has 110 valence electrons. The van der Waals surface area contributed by atoms with Gasteiger partial charge in [-0.3, -0.25) is 4.79 Å². The monoisotopic (exact) mass is 274 g/mol. The van der Waals surface area contributed by atoms with Gasteiger partial charge < -0.3 is 10.6 Å². The molecule has 2 N–H and O–H groups in total. The number of anilines is 1. The van der Waals surface area contributed by atoms with Crippen LogP contribution in [0.4, 0.5) is 5.69 Å². The highest BCUT2D eigenvalue weighted by Gasteiger charge is 2.15. The largest absolute Gasteiger partial charge is 0.385 e. The SMILES string of the molecule is CCCC(CCC)NC(=O)c1ccc2c(c1)NCCC2. The molecule has 1 heterocycles. The molecular weight excluding hydrogens is 248 g/mol. The van der Waals surface area contributed by atoms with Gasteiger partial charge in [0.1, 0.15) is 0 Å². The fourth-order valence-electron chi connectivity index (χ4n) is 2.86. The van der Waals surface area contributed by atoms with Gasteiger partial charge in [-0.1, -0.05) is 32.8 Å². The van der Waals surface area contributed by atoms with E-state index in [1.807, 2.05) is 12.1 Å². The number of hydrogen-bond donors (Lipinski definition) is 2. The van der Waals surface area contributed by atoms with Crippen LogP contribution in [0.1, 0.15) is 61.9 Å². The van der Waals surface area contributed by atoms with Crippen molar-refractivity contribution >= 4 is 11.6 Å². The summed E-state index contributed by atoms with van der Waals surface area (Å²) in [5, 5.41) is 6.56. The first-order valence-corrected chi connectivity index (χ1v) is 7.92. The van der Waals surface area contributed by atoms with Crippen LogP contribution >= 0.6 is 0 Å². The third kappa shape index (κ3) is 3.75. The summed E-state index contributed by atoms with van der Waals surface area (Å²) in [5.41, 5.74) is 3.23. The Hall–Kier alpha value is -1.51. The van der Waals surface area contributed by atoms with E-state index in [1.54, 1.807) is 0 Å². The van der Waals surface area contributed by atoms with Crippen molar-refractivity contribution in [1.29, 1.82) is 0 Å². The molecule has 1 aliphatic heterocycles. The van der Waals surface area contributed by atoms with E-state index in [4.69, 9.17) is 0 Å². The van der Waals surface area contributed by atoms with Crippen molar-refractivity contribution < 1.29 is 4.79 Å². The predicted octanol–water partition coefficient (Wildman–Crippen LogP) is 3.74. The van der Waals surface area contributed by atoms with Crippen LogP contribution in [0.25, 0.3) is 0 Å². The minimum absolute atomic E-state index is 0.0621. The van der Waals surface area contributed by atoms with Crippen molar-refractivity contribution in [3.63, 3.8) is 0 Å². The molecule has 1 aromatic carbocycles. The molecule has 1 amide bonds. The lowest BCUT2D eigenvalue weighted by Gasteiger charge is -2.20. The summed E-state index contributed by atoms with van der Waals surface area (Å²) in [6.07, 6.45) is 6.62. The van der Waals surface area contributed by atoms with Crippen LogP contribution in [0.5, 0.6) is 0 Å². The molecule has 2 rings (SSSR count). The average Bonchev–Trinajstić information content (AvgIpc) is 2.47. The lowest BCUT2D eigenvalue weighted by Crippen LogP contribution is -2.34. The molecule has 0 bridgehead atoms. The molecule has 0 spiro atoms. The number of carbonyl (C=O) groups excluding carboxylic acids is 1. The first-order chi connectivity index (χ1) is 9.74. The Morgan fingerprint density at radius 1 is 1.30 bits per heavy atom. The lowest BCUT2D eigenvalue weighted by molar-refractivity contribution is 0.0932. The van der Waals surface area contributed by atoms with E-state index in [1.165, 1.54) is 12.0 Å². The number of benzene rings is 1. The number of nitrogens with one attached hydrogen (secondary N) is 2. The maximum Gasteiger partial charge on any atom is 0.251 e. The van der Waals surface area contributed by atoms with Crippen molar-refractivity contribution in [3.8, 4) is 0 Å². The van der Waals surface area contributed by atoms with Gasteiger partial charge in [0.15, 0.2) is 0 Å². The average molecular weight is 274 g/mol. The second-order valence-electron chi connectivity index (χ2n) is 5.65.